The number of aliphatic hydroxyl groups excluding tert-OH is 1. The molecule has 0 fully saturated rings. The van der Waals surface area contributed by atoms with Gasteiger partial charge in [0.05, 0.1) is 0 Å². The molecule has 4 nitrogen and oxygen atoms in total. The average molecular weight is 299 g/mol. The summed E-state index contributed by atoms with van der Waals surface area (Å²) in [7, 11) is 0. The number of aliphatic hydroxyl groups is 1. The molecule has 0 radical (unpaired) electrons. The van der Waals surface area contributed by atoms with E-state index in [0.29, 0.717) is 11.1 Å². The number of benzene rings is 2. The van der Waals surface area contributed by atoms with Crippen LogP contribution in [0.15, 0.2) is 48.5 Å². The van der Waals surface area contributed by atoms with Crippen LogP contribution in [0.5, 0.6) is 5.75 Å². The lowest BCUT2D eigenvalue weighted by Gasteiger charge is -2.21. The Hall–Kier alpha value is -2.33. The molecule has 1 atom stereocenters. The Kier molecular flexibility index (Phi) is 5.17. The first-order valence-corrected chi connectivity index (χ1v) is 7.43. The molecule has 2 aromatic carbocycles. The first kappa shape index (κ1) is 16.0. The summed E-state index contributed by atoms with van der Waals surface area (Å²) in [6.45, 7) is 5.97. The van der Waals surface area contributed by atoms with E-state index in [9.17, 15) is 15.0 Å². The average Bonchev–Trinajstić information content (AvgIpc) is 2.56. The maximum Gasteiger partial charge on any atom is 0.195 e. The number of carbonyl (C=O) groups is 1. The zero-order valence-electron chi connectivity index (χ0n) is 12.9. The van der Waals surface area contributed by atoms with Gasteiger partial charge in [-0.25, -0.2) is 0 Å². The van der Waals surface area contributed by atoms with Crippen molar-refractivity contribution in [1.82, 2.24) is 0 Å². The number of Topliss-reactive ketones (excluding diaryl/α,β-unsaturated/α-hetero) is 1. The largest absolute Gasteiger partial charge is 0.508 e. The Bertz CT molecular complexity index is 616. The highest BCUT2D eigenvalue weighted by atomic mass is 16.3. The summed E-state index contributed by atoms with van der Waals surface area (Å²) in [4.78, 5) is 14.5. The number of anilines is 1. The summed E-state index contributed by atoms with van der Waals surface area (Å²) in [5.41, 5.74) is 1.99. The van der Waals surface area contributed by atoms with Gasteiger partial charge in [0.15, 0.2) is 5.78 Å². The maximum absolute atomic E-state index is 12.3. The van der Waals surface area contributed by atoms with E-state index in [1.165, 1.54) is 12.1 Å². The van der Waals surface area contributed by atoms with Crippen LogP contribution in [0.25, 0.3) is 0 Å². The molecule has 0 saturated carbocycles. The third-order valence-electron chi connectivity index (χ3n) is 3.74. The van der Waals surface area contributed by atoms with Crippen molar-refractivity contribution in [2.75, 3.05) is 18.0 Å². The number of ketones is 1. The van der Waals surface area contributed by atoms with Crippen molar-refractivity contribution < 1.29 is 15.0 Å². The van der Waals surface area contributed by atoms with Gasteiger partial charge in [0.1, 0.15) is 11.9 Å². The molecule has 0 spiro atoms. The van der Waals surface area contributed by atoms with E-state index >= 15 is 0 Å². The topological polar surface area (TPSA) is 60.8 Å². The normalized spacial score (nSPS) is 12.0. The van der Waals surface area contributed by atoms with Gasteiger partial charge in [-0.05, 0) is 55.8 Å². The lowest BCUT2D eigenvalue weighted by Crippen LogP contribution is -2.21. The Labute approximate surface area is 130 Å². The van der Waals surface area contributed by atoms with Crippen LogP contribution < -0.4 is 4.90 Å². The molecule has 0 aliphatic rings. The molecule has 4 heteroatoms. The minimum atomic E-state index is -1.22. The van der Waals surface area contributed by atoms with E-state index < -0.39 is 6.10 Å². The van der Waals surface area contributed by atoms with E-state index in [1.807, 2.05) is 12.1 Å². The highest BCUT2D eigenvalue weighted by Crippen LogP contribution is 2.22. The Morgan fingerprint density at radius 3 is 2.05 bits per heavy atom. The fourth-order valence-electron chi connectivity index (χ4n) is 2.39. The predicted molar refractivity (Wildman–Crippen MR) is 87.4 cm³/mol. The number of carbonyl (C=O) groups excluding carboxylic acids is 1. The summed E-state index contributed by atoms with van der Waals surface area (Å²) in [5.74, 6) is -0.247. The maximum atomic E-state index is 12.3. The van der Waals surface area contributed by atoms with Crippen molar-refractivity contribution in [3.8, 4) is 5.75 Å². The number of nitrogens with zero attached hydrogens (tertiary/aromatic N) is 1. The van der Waals surface area contributed by atoms with E-state index in [0.717, 1.165) is 18.8 Å². The van der Waals surface area contributed by atoms with Crippen molar-refractivity contribution in [3.63, 3.8) is 0 Å². The van der Waals surface area contributed by atoms with Crippen LogP contribution in [-0.2, 0) is 0 Å². The zero-order chi connectivity index (χ0) is 16.1. The summed E-state index contributed by atoms with van der Waals surface area (Å²) < 4.78 is 0. The van der Waals surface area contributed by atoms with Gasteiger partial charge < -0.3 is 15.1 Å². The molecule has 116 valence electrons. The molecule has 0 aromatic heterocycles. The second kappa shape index (κ2) is 7.09. The van der Waals surface area contributed by atoms with E-state index in [2.05, 4.69) is 18.7 Å². The van der Waals surface area contributed by atoms with Crippen molar-refractivity contribution in [2.24, 2.45) is 0 Å². The number of phenolic OH excluding ortho intramolecular Hbond substituents is 1. The van der Waals surface area contributed by atoms with Crippen LogP contribution in [0.1, 0.15) is 35.9 Å². The number of rotatable bonds is 6. The van der Waals surface area contributed by atoms with E-state index in [-0.39, 0.29) is 11.5 Å². The van der Waals surface area contributed by atoms with Crippen LogP contribution in [0.3, 0.4) is 0 Å². The van der Waals surface area contributed by atoms with Crippen LogP contribution in [0.4, 0.5) is 5.69 Å². The highest BCUT2D eigenvalue weighted by molar-refractivity contribution is 6.00. The Morgan fingerprint density at radius 1 is 1.00 bits per heavy atom. The minimum absolute atomic E-state index is 0.104. The summed E-state index contributed by atoms with van der Waals surface area (Å²) >= 11 is 0. The number of hydrogen-bond donors (Lipinski definition) is 2. The van der Waals surface area contributed by atoms with Gasteiger partial charge in [0, 0.05) is 24.3 Å². The first-order chi connectivity index (χ1) is 10.6. The van der Waals surface area contributed by atoms with Gasteiger partial charge in [-0.2, -0.15) is 0 Å². The minimum Gasteiger partial charge on any atom is -0.508 e. The first-order valence-electron chi connectivity index (χ1n) is 7.43. The summed E-state index contributed by atoms with van der Waals surface area (Å²) in [6.07, 6.45) is -1.22. The van der Waals surface area contributed by atoms with Crippen molar-refractivity contribution in [3.05, 3.63) is 59.7 Å². The third-order valence-corrected chi connectivity index (χ3v) is 3.74. The highest BCUT2D eigenvalue weighted by Gasteiger charge is 2.19. The van der Waals surface area contributed by atoms with Gasteiger partial charge in [0.2, 0.25) is 0 Å². The molecule has 1 unspecified atom stereocenters. The second-order valence-corrected chi connectivity index (χ2v) is 5.08. The van der Waals surface area contributed by atoms with E-state index in [4.69, 9.17) is 0 Å². The molecule has 2 N–H and O–H groups in total. The second-order valence-electron chi connectivity index (χ2n) is 5.08. The molecule has 2 rings (SSSR count). The van der Waals surface area contributed by atoms with Gasteiger partial charge in [-0.1, -0.05) is 12.1 Å². The monoisotopic (exact) mass is 299 g/mol. The lowest BCUT2D eigenvalue weighted by molar-refractivity contribution is 0.0747. The number of phenols is 1. The van der Waals surface area contributed by atoms with Crippen molar-refractivity contribution in [1.29, 1.82) is 0 Å². The molecule has 22 heavy (non-hydrogen) atoms. The van der Waals surface area contributed by atoms with Crippen LogP contribution in [0.2, 0.25) is 0 Å². The summed E-state index contributed by atoms with van der Waals surface area (Å²) in [6, 6.07) is 13.3. The third kappa shape index (κ3) is 3.46. The van der Waals surface area contributed by atoms with Gasteiger partial charge >= 0.3 is 0 Å². The van der Waals surface area contributed by atoms with Crippen LogP contribution in [-0.4, -0.2) is 29.1 Å². The molecule has 0 saturated heterocycles. The molecule has 0 aliphatic heterocycles. The molecule has 0 bridgehead atoms. The molecular formula is C18H21NO3. The fraction of sp³-hybridized carbons (Fsp3) is 0.278. The zero-order valence-corrected chi connectivity index (χ0v) is 12.9. The summed E-state index contributed by atoms with van der Waals surface area (Å²) in [5, 5.41) is 19.4. The Morgan fingerprint density at radius 2 is 1.55 bits per heavy atom. The molecule has 0 heterocycles. The van der Waals surface area contributed by atoms with Crippen LogP contribution in [0, 0.1) is 0 Å². The molecular weight excluding hydrogens is 278 g/mol. The Balaban J connectivity index is 2.17. The van der Waals surface area contributed by atoms with Gasteiger partial charge in [-0.15, -0.1) is 0 Å². The van der Waals surface area contributed by atoms with E-state index in [1.54, 1.807) is 24.3 Å². The predicted octanol–water partition coefficient (Wildman–Crippen LogP) is 3.15. The number of aromatic hydroxyl groups is 1. The SMILES string of the molecule is CCN(CC)c1ccc(C(=O)C(O)c2ccc(O)cc2)cc1. The van der Waals surface area contributed by atoms with Crippen LogP contribution >= 0.6 is 0 Å². The quantitative estimate of drug-likeness (QED) is 0.804. The van der Waals surface area contributed by atoms with Crippen molar-refractivity contribution >= 4 is 11.5 Å². The fourth-order valence-corrected chi connectivity index (χ4v) is 2.39. The van der Waals surface area contributed by atoms with Gasteiger partial charge in [0.25, 0.3) is 0 Å². The smallest absolute Gasteiger partial charge is 0.195 e. The number of hydrogen-bond acceptors (Lipinski definition) is 4. The molecule has 2 aromatic rings. The lowest BCUT2D eigenvalue weighted by atomic mass is 9.99. The molecule has 0 aliphatic carbocycles. The molecule has 0 amide bonds. The van der Waals surface area contributed by atoms with Gasteiger partial charge in [-0.3, -0.25) is 4.79 Å². The van der Waals surface area contributed by atoms with Crippen molar-refractivity contribution in [2.45, 2.75) is 20.0 Å². The standard InChI is InChI=1S/C18H21NO3/c1-3-19(4-2)15-9-5-13(6-10-15)17(21)18(22)14-7-11-16(20)12-8-14/h5-12,18,20,22H,3-4H2,1-2H3.